The van der Waals surface area contributed by atoms with Crippen molar-refractivity contribution in [3.8, 4) is 6.07 Å². The highest BCUT2D eigenvalue weighted by Crippen LogP contribution is 2.26. The number of hydrogen-bond donors (Lipinski definition) is 2. The summed E-state index contributed by atoms with van der Waals surface area (Å²) in [7, 11) is 0. The van der Waals surface area contributed by atoms with Crippen LogP contribution in [0.2, 0.25) is 0 Å². The van der Waals surface area contributed by atoms with E-state index in [0.717, 1.165) is 25.7 Å². The average Bonchev–Trinajstić information content (AvgIpc) is 2.46. The lowest BCUT2D eigenvalue weighted by Crippen LogP contribution is -2.30. The van der Waals surface area contributed by atoms with Gasteiger partial charge in [-0.3, -0.25) is 10.1 Å². The summed E-state index contributed by atoms with van der Waals surface area (Å²) in [6.07, 6.45) is 3.65. The van der Waals surface area contributed by atoms with Crippen LogP contribution >= 0.6 is 0 Å². The molecule has 0 radical (unpaired) electrons. The minimum Gasteiger partial charge on any atom is -0.393 e. The van der Waals surface area contributed by atoms with Gasteiger partial charge in [0.25, 0.3) is 5.69 Å². The second-order valence-corrected chi connectivity index (χ2v) is 5.09. The first-order chi connectivity index (χ1) is 9.61. The summed E-state index contributed by atoms with van der Waals surface area (Å²) < 4.78 is 0. The fourth-order valence-corrected chi connectivity index (χ4v) is 2.56. The molecule has 0 amide bonds. The number of rotatable bonds is 4. The lowest BCUT2D eigenvalue weighted by molar-refractivity contribution is -0.385. The first-order valence-electron chi connectivity index (χ1n) is 6.72. The molecule has 0 heterocycles. The van der Waals surface area contributed by atoms with Crippen LogP contribution in [0.4, 0.5) is 11.4 Å². The molecular formula is C14H17N3O3. The maximum Gasteiger partial charge on any atom is 0.289 e. The molecule has 6 nitrogen and oxygen atoms in total. The zero-order valence-corrected chi connectivity index (χ0v) is 11.1. The number of aliphatic hydroxyl groups excluding tert-OH is 1. The molecule has 2 atom stereocenters. The van der Waals surface area contributed by atoms with E-state index in [9.17, 15) is 15.2 Å². The van der Waals surface area contributed by atoms with E-state index >= 15 is 0 Å². The van der Waals surface area contributed by atoms with Crippen LogP contribution in [0.15, 0.2) is 18.2 Å². The van der Waals surface area contributed by atoms with Gasteiger partial charge in [-0.15, -0.1) is 0 Å². The number of nitrogens with zero attached hydrogens (tertiary/aromatic N) is 2. The number of nitro groups is 1. The molecule has 0 aliphatic heterocycles. The van der Waals surface area contributed by atoms with Gasteiger partial charge in [0.15, 0.2) is 0 Å². The highest BCUT2D eigenvalue weighted by atomic mass is 16.6. The Morgan fingerprint density at radius 3 is 2.85 bits per heavy atom. The lowest BCUT2D eigenvalue weighted by Gasteiger charge is -2.27. The smallest absolute Gasteiger partial charge is 0.289 e. The van der Waals surface area contributed by atoms with Gasteiger partial charge in [0.2, 0.25) is 0 Å². The van der Waals surface area contributed by atoms with Crippen molar-refractivity contribution in [2.24, 2.45) is 5.92 Å². The first kappa shape index (κ1) is 14.3. The quantitative estimate of drug-likeness (QED) is 0.649. The van der Waals surface area contributed by atoms with E-state index in [1.54, 1.807) is 6.07 Å². The fraction of sp³-hybridized carbons (Fsp3) is 0.500. The number of hydrogen-bond acceptors (Lipinski definition) is 5. The van der Waals surface area contributed by atoms with Crippen LogP contribution in [0, 0.1) is 27.4 Å². The second-order valence-electron chi connectivity index (χ2n) is 5.09. The fourth-order valence-electron chi connectivity index (χ4n) is 2.56. The molecule has 2 N–H and O–H groups in total. The molecule has 1 aliphatic carbocycles. The monoisotopic (exact) mass is 275 g/mol. The number of nitrogens with one attached hydrogen (secondary N) is 1. The molecule has 20 heavy (non-hydrogen) atoms. The van der Waals surface area contributed by atoms with Crippen LogP contribution in [0.3, 0.4) is 0 Å². The van der Waals surface area contributed by atoms with Gasteiger partial charge in [-0.2, -0.15) is 5.26 Å². The zero-order valence-electron chi connectivity index (χ0n) is 11.1. The summed E-state index contributed by atoms with van der Waals surface area (Å²) in [5.74, 6) is 0.179. The minimum atomic E-state index is -0.556. The van der Waals surface area contributed by atoms with E-state index in [-0.39, 0.29) is 23.3 Å². The largest absolute Gasteiger partial charge is 0.393 e. The van der Waals surface area contributed by atoms with E-state index in [1.165, 1.54) is 12.1 Å². The molecule has 1 aliphatic rings. The molecular weight excluding hydrogens is 258 g/mol. The Bertz CT molecular complexity index is 539. The van der Waals surface area contributed by atoms with Gasteiger partial charge < -0.3 is 10.4 Å². The van der Waals surface area contributed by atoms with E-state index in [1.807, 2.05) is 6.07 Å². The molecule has 1 aromatic rings. The van der Waals surface area contributed by atoms with Gasteiger partial charge in [0.05, 0.1) is 11.0 Å². The molecule has 0 aromatic heterocycles. The van der Waals surface area contributed by atoms with Crippen molar-refractivity contribution in [2.75, 3.05) is 11.9 Å². The van der Waals surface area contributed by atoms with Gasteiger partial charge in [-0.25, -0.2) is 0 Å². The Morgan fingerprint density at radius 2 is 2.20 bits per heavy atom. The number of nitriles is 1. The average molecular weight is 275 g/mol. The molecule has 6 heteroatoms. The van der Waals surface area contributed by atoms with E-state index in [0.29, 0.717) is 12.2 Å². The molecule has 0 bridgehead atoms. The summed E-state index contributed by atoms with van der Waals surface area (Å²) in [5, 5.41) is 32.7. The second kappa shape index (κ2) is 6.35. The molecule has 0 saturated heterocycles. The van der Waals surface area contributed by atoms with Crippen molar-refractivity contribution in [3.63, 3.8) is 0 Å². The normalized spacial score (nSPS) is 22.0. The SMILES string of the molecule is N#Cc1ccc(NCC2CCCCC2O)cc1[N+](=O)[O-]. The number of aliphatic hydroxyl groups is 1. The Labute approximate surface area is 117 Å². The molecule has 2 unspecified atom stereocenters. The van der Waals surface area contributed by atoms with Crippen molar-refractivity contribution in [1.29, 1.82) is 5.26 Å². The Balaban J connectivity index is 2.05. The van der Waals surface area contributed by atoms with Gasteiger partial charge in [0.1, 0.15) is 11.6 Å². The number of anilines is 1. The summed E-state index contributed by atoms with van der Waals surface area (Å²) >= 11 is 0. The summed E-state index contributed by atoms with van der Waals surface area (Å²) in [5.41, 5.74) is 0.466. The van der Waals surface area contributed by atoms with Crippen molar-refractivity contribution in [2.45, 2.75) is 31.8 Å². The van der Waals surface area contributed by atoms with Crippen LogP contribution in [0.5, 0.6) is 0 Å². The third kappa shape index (κ3) is 3.25. The number of benzene rings is 1. The van der Waals surface area contributed by atoms with Gasteiger partial charge in [-0.05, 0) is 25.0 Å². The van der Waals surface area contributed by atoms with Crippen LogP contribution in [0.25, 0.3) is 0 Å². The summed E-state index contributed by atoms with van der Waals surface area (Å²) in [6, 6.07) is 6.27. The zero-order chi connectivity index (χ0) is 14.5. The van der Waals surface area contributed by atoms with E-state index in [2.05, 4.69) is 5.32 Å². The maximum atomic E-state index is 10.9. The molecule has 2 rings (SSSR count). The standard InChI is InChI=1S/C14H17N3O3/c15-8-10-5-6-12(7-13(10)17(19)20)16-9-11-3-1-2-4-14(11)18/h5-7,11,14,16,18H,1-4,9H2. The molecule has 1 fully saturated rings. The Morgan fingerprint density at radius 1 is 1.45 bits per heavy atom. The minimum absolute atomic E-state index is 0.0539. The summed E-state index contributed by atoms with van der Waals surface area (Å²) in [4.78, 5) is 10.3. The van der Waals surface area contributed by atoms with Crippen molar-refractivity contribution < 1.29 is 10.0 Å². The van der Waals surface area contributed by atoms with E-state index < -0.39 is 4.92 Å². The molecule has 106 valence electrons. The highest BCUT2D eigenvalue weighted by molar-refractivity contribution is 5.59. The third-order valence-corrected chi connectivity index (χ3v) is 3.75. The van der Waals surface area contributed by atoms with E-state index in [4.69, 9.17) is 5.26 Å². The molecule has 1 aromatic carbocycles. The summed E-state index contributed by atoms with van der Waals surface area (Å²) in [6.45, 7) is 0.588. The Kier molecular flexibility index (Phi) is 4.53. The van der Waals surface area contributed by atoms with Crippen molar-refractivity contribution >= 4 is 11.4 Å². The first-order valence-corrected chi connectivity index (χ1v) is 6.72. The Hall–Kier alpha value is -2.13. The lowest BCUT2D eigenvalue weighted by atomic mass is 9.86. The topological polar surface area (TPSA) is 99.2 Å². The van der Waals surface area contributed by atoms with Crippen LogP contribution < -0.4 is 5.32 Å². The molecule has 1 saturated carbocycles. The van der Waals surface area contributed by atoms with Crippen molar-refractivity contribution in [3.05, 3.63) is 33.9 Å². The molecule has 0 spiro atoms. The maximum absolute atomic E-state index is 10.9. The predicted molar refractivity (Wildman–Crippen MR) is 74.3 cm³/mol. The van der Waals surface area contributed by atoms with Crippen molar-refractivity contribution in [1.82, 2.24) is 0 Å². The van der Waals surface area contributed by atoms with Crippen LogP contribution in [-0.4, -0.2) is 22.7 Å². The third-order valence-electron chi connectivity index (χ3n) is 3.75. The number of nitro benzene ring substituents is 1. The van der Waals surface area contributed by atoms with Crippen LogP contribution in [-0.2, 0) is 0 Å². The highest BCUT2D eigenvalue weighted by Gasteiger charge is 2.23. The van der Waals surface area contributed by atoms with Gasteiger partial charge >= 0.3 is 0 Å². The predicted octanol–water partition coefficient (Wildman–Crippen LogP) is 2.43. The van der Waals surface area contributed by atoms with Crippen LogP contribution in [0.1, 0.15) is 31.2 Å². The van der Waals surface area contributed by atoms with Gasteiger partial charge in [0, 0.05) is 24.2 Å². The van der Waals surface area contributed by atoms with Gasteiger partial charge in [-0.1, -0.05) is 12.8 Å².